The second-order valence-electron chi connectivity index (χ2n) is 5.58. The van der Waals surface area contributed by atoms with Crippen LogP contribution in [-0.2, 0) is 0 Å². The zero-order valence-corrected chi connectivity index (χ0v) is 13.4. The van der Waals surface area contributed by atoms with Crippen LogP contribution in [0.3, 0.4) is 0 Å². The SMILES string of the molecule is OC(CNCCNc1ccc2[nH]ncc2c1)COc1ccccc1. The number of benzene rings is 2. The van der Waals surface area contributed by atoms with E-state index in [2.05, 4.69) is 26.9 Å². The van der Waals surface area contributed by atoms with Crippen molar-refractivity contribution in [1.29, 1.82) is 0 Å². The van der Waals surface area contributed by atoms with Gasteiger partial charge in [-0.25, -0.2) is 0 Å². The van der Waals surface area contributed by atoms with Crippen molar-refractivity contribution in [2.75, 3.05) is 31.6 Å². The lowest BCUT2D eigenvalue weighted by atomic mass is 10.2. The van der Waals surface area contributed by atoms with Gasteiger partial charge in [-0.2, -0.15) is 5.10 Å². The van der Waals surface area contributed by atoms with Crippen LogP contribution < -0.4 is 15.4 Å². The molecule has 1 aromatic heterocycles. The van der Waals surface area contributed by atoms with Crippen molar-refractivity contribution >= 4 is 16.6 Å². The largest absolute Gasteiger partial charge is 0.491 e. The lowest BCUT2D eigenvalue weighted by Crippen LogP contribution is -2.34. The molecule has 0 fully saturated rings. The van der Waals surface area contributed by atoms with Crippen LogP contribution in [0.2, 0.25) is 0 Å². The van der Waals surface area contributed by atoms with Crippen LogP contribution in [0.4, 0.5) is 5.69 Å². The Balaban J connectivity index is 1.30. The highest BCUT2D eigenvalue weighted by Crippen LogP contribution is 2.16. The molecule has 1 atom stereocenters. The highest BCUT2D eigenvalue weighted by Gasteiger charge is 2.04. The van der Waals surface area contributed by atoms with Crippen LogP contribution >= 0.6 is 0 Å². The predicted molar refractivity (Wildman–Crippen MR) is 95.4 cm³/mol. The summed E-state index contributed by atoms with van der Waals surface area (Å²) < 4.78 is 5.51. The number of hydrogen-bond donors (Lipinski definition) is 4. The number of nitrogens with zero attached hydrogens (tertiary/aromatic N) is 1. The lowest BCUT2D eigenvalue weighted by Gasteiger charge is -2.13. The molecular formula is C18H22N4O2. The predicted octanol–water partition coefficient (Wildman–Crippen LogP) is 2.00. The molecule has 0 amide bonds. The highest BCUT2D eigenvalue weighted by atomic mass is 16.5. The van der Waals surface area contributed by atoms with Gasteiger partial charge in [0.2, 0.25) is 0 Å². The smallest absolute Gasteiger partial charge is 0.119 e. The van der Waals surface area contributed by atoms with Crippen LogP contribution in [0.15, 0.2) is 54.7 Å². The summed E-state index contributed by atoms with van der Waals surface area (Å²) in [6.07, 6.45) is 1.27. The van der Waals surface area contributed by atoms with Gasteiger partial charge >= 0.3 is 0 Å². The Labute approximate surface area is 140 Å². The van der Waals surface area contributed by atoms with Crippen molar-refractivity contribution in [1.82, 2.24) is 15.5 Å². The van der Waals surface area contributed by atoms with Gasteiger partial charge in [-0.15, -0.1) is 0 Å². The van der Waals surface area contributed by atoms with Gasteiger partial charge in [-0.1, -0.05) is 18.2 Å². The Kier molecular flexibility index (Phi) is 5.65. The summed E-state index contributed by atoms with van der Waals surface area (Å²) >= 11 is 0. The number of para-hydroxylation sites is 1. The maximum Gasteiger partial charge on any atom is 0.119 e. The third kappa shape index (κ3) is 4.71. The Morgan fingerprint density at radius 1 is 1.12 bits per heavy atom. The van der Waals surface area contributed by atoms with E-state index in [4.69, 9.17) is 4.74 Å². The van der Waals surface area contributed by atoms with Crippen molar-refractivity contribution in [3.8, 4) is 5.75 Å². The number of aromatic nitrogens is 2. The molecule has 0 bridgehead atoms. The fourth-order valence-corrected chi connectivity index (χ4v) is 2.38. The molecule has 0 aliphatic carbocycles. The molecule has 126 valence electrons. The monoisotopic (exact) mass is 326 g/mol. The molecular weight excluding hydrogens is 304 g/mol. The van der Waals surface area contributed by atoms with Crippen LogP contribution in [0.25, 0.3) is 10.9 Å². The molecule has 24 heavy (non-hydrogen) atoms. The molecule has 0 spiro atoms. The van der Waals surface area contributed by atoms with E-state index in [-0.39, 0.29) is 6.61 Å². The van der Waals surface area contributed by atoms with E-state index in [1.807, 2.05) is 48.7 Å². The molecule has 6 heteroatoms. The number of hydrogen-bond acceptors (Lipinski definition) is 5. The van der Waals surface area contributed by atoms with Crippen LogP contribution in [-0.4, -0.2) is 47.6 Å². The van der Waals surface area contributed by atoms with Gasteiger partial charge in [-0.3, -0.25) is 5.10 Å². The molecule has 2 aromatic carbocycles. The summed E-state index contributed by atoms with van der Waals surface area (Å²) in [6.45, 7) is 2.30. The number of aliphatic hydroxyl groups excluding tert-OH is 1. The summed E-state index contributed by atoms with van der Waals surface area (Å²) in [5.41, 5.74) is 2.08. The van der Waals surface area contributed by atoms with E-state index < -0.39 is 6.10 Å². The van der Waals surface area contributed by atoms with E-state index in [9.17, 15) is 5.11 Å². The van der Waals surface area contributed by atoms with Gasteiger partial charge < -0.3 is 20.5 Å². The molecule has 1 unspecified atom stereocenters. The molecule has 0 radical (unpaired) electrons. The molecule has 3 aromatic rings. The zero-order chi connectivity index (χ0) is 16.6. The number of anilines is 1. The summed E-state index contributed by atoms with van der Waals surface area (Å²) in [7, 11) is 0. The third-order valence-electron chi connectivity index (χ3n) is 3.64. The van der Waals surface area contributed by atoms with Crippen molar-refractivity contribution < 1.29 is 9.84 Å². The minimum atomic E-state index is -0.535. The van der Waals surface area contributed by atoms with Crippen LogP contribution in [0.1, 0.15) is 0 Å². The fourth-order valence-electron chi connectivity index (χ4n) is 2.38. The molecule has 0 aliphatic rings. The average molecular weight is 326 g/mol. The molecule has 0 saturated heterocycles. The highest BCUT2D eigenvalue weighted by molar-refractivity contribution is 5.81. The molecule has 0 aliphatic heterocycles. The Bertz CT molecular complexity index is 745. The first-order valence-electron chi connectivity index (χ1n) is 8.05. The van der Waals surface area contributed by atoms with E-state index in [1.165, 1.54) is 0 Å². The second kappa shape index (κ2) is 8.33. The maximum absolute atomic E-state index is 9.90. The van der Waals surface area contributed by atoms with Crippen molar-refractivity contribution in [2.45, 2.75) is 6.10 Å². The average Bonchev–Trinajstić information content (AvgIpc) is 3.08. The first kappa shape index (κ1) is 16.3. The van der Waals surface area contributed by atoms with Gasteiger partial charge in [0.05, 0.1) is 11.7 Å². The van der Waals surface area contributed by atoms with Crippen LogP contribution in [0, 0.1) is 0 Å². The maximum atomic E-state index is 9.90. The molecule has 1 heterocycles. The van der Waals surface area contributed by atoms with E-state index in [0.717, 1.165) is 35.4 Å². The molecule has 4 N–H and O–H groups in total. The number of aromatic amines is 1. The summed E-state index contributed by atoms with van der Waals surface area (Å²) in [5, 5.41) is 24.5. The molecule has 6 nitrogen and oxygen atoms in total. The van der Waals surface area contributed by atoms with Crippen molar-refractivity contribution in [2.24, 2.45) is 0 Å². The van der Waals surface area contributed by atoms with Crippen molar-refractivity contribution in [3.05, 3.63) is 54.7 Å². The Morgan fingerprint density at radius 3 is 2.88 bits per heavy atom. The number of nitrogens with one attached hydrogen (secondary N) is 3. The minimum Gasteiger partial charge on any atom is -0.491 e. The zero-order valence-electron chi connectivity index (χ0n) is 13.4. The van der Waals surface area contributed by atoms with Gasteiger partial charge in [-0.05, 0) is 30.3 Å². The standard InChI is InChI=1S/C18H22N4O2/c23-16(13-24-17-4-2-1-3-5-17)12-19-8-9-20-15-6-7-18-14(10-15)11-21-22-18/h1-7,10-11,16,19-20,23H,8-9,12-13H2,(H,21,22). The van der Waals surface area contributed by atoms with Gasteiger partial charge in [0.1, 0.15) is 18.5 Å². The van der Waals surface area contributed by atoms with Gasteiger partial charge in [0, 0.05) is 30.7 Å². The van der Waals surface area contributed by atoms with E-state index in [1.54, 1.807) is 0 Å². The lowest BCUT2D eigenvalue weighted by molar-refractivity contribution is 0.107. The molecule has 3 rings (SSSR count). The third-order valence-corrected chi connectivity index (χ3v) is 3.64. The first-order chi connectivity index (χ1) is 11.8. The summed E-state index contributed by atoms with van der Waals surface area (Å²) in [5.74, 6) is 0.771. The topological polar surface area (TPSA) is 82.2 Å². The number of H-pyrrole nitrogens is 1. The number of rotatable bonds is 9. The van der Waals surface area contributed by atoms with Crippen LogP contribution in [0.5, 0.6) is 5.75 Å². The van der Waals surface area contributed by atoms with Gasteiger partial charge in [0.15, 0.2) is 0 Å². The number of fused-ring (bicyclic) bond motifs is 1. The second-order valence-corrected chi connectivity index (χ2v) is 5.58. The molecule has 0 saturated carbocycles. The first-order valence-corrected chi connectivity index (χ1v) is 8.05. The quantitative estimate of drug-likeness (QED) is 0.452. The summed E-state index contributed by atoms with van der Waals surface area (Å²) in [6, 6.07) is 15.6. The summed E-state index contributed by atoms with van der Waals surface area (Å²) in [4.78, 5) is 0. The van der Waals surface area contributed by atoms with E-state index in [0.29, 0.717) is 6.54 Å². The van der Waals surface area contributed by atoms with Crippen molar-refractivity contribution in [3.63, 3.8) is 0 Å². The van der Waals surface area contributed by atoms with E-state index >= 15 is 0 Å². The Hall–Kier alpha value is -2.57. The normalized spacial score (nSPS) is 12.2. The minimum absolute atomic E-state index is 0.279. The Morgan fingerprint density at radius 2 is 2.00 bits per heavy atom. The number of ether oxygens (including phenoxy) is 1. The fraction of sp³-hybridized carbons (Fsp3) is 0.278. The number of aliphatic hydroxyl groups is 1. The van der Waals surface area contributed by atoms with Gasteiger partial charge in [0.25, 0.3) is 0 Å².